The molecule has 2 aliphatic heterocycles. The average molecular weight is 457 g/mol. The number of aliphatic hydroxyl groups is 1. The Morgan fingerprint density at radius 3 is 2.48 bits per heavy atom. The van der Waals surface area contributed by atoms with E-state index < -0.39 is 41.5 Å². The molecule has 6 nitrogen and oxygen atoms in total. The third-order valence-corrected chi connectivity index (χ3v) is 8.21. The highest BCUT2D eigenvalue weighted by Crippen LogP contribution is 2.63. The Morgan fingerprint density at radius 2 is 1.85 bits per heavy atom. The van der Waals surface area contributed by atoms with E-state index in [0.717, 1.165) is 18.4 Å². The van der Waals surface area contributed by atoms with E-state index >= 15 is 0 Å². The summed E-state index contributed by atoms with van der Waals surface area (Å²) in [5.74, 6) is -0.410. The molecule has 1 N–H and O–H groups in total. The van der Waals surface area contributed by atoms with Gasteiger partial charge < -0.3 is 19.3 Å². The minimum absolute atomic E-state index is 0.0386. The third-order valence-electron chi connectivity index (χ3n) is 8.21. The van der Waals surface area contributed by atoms with Crippen molar-refractivity contribution in [1.29, 1.82) is 0 Å². The van der Waals surface area contributed by atoms with E-state index in [1.807, 2.05) is 37.3 Å². The van der Waals surface area contributed by atoms with Crippen LogP contribution in [0.2, 0.25) is 0 Å². The molecular formula is C27H36O6. The quantitative estimate of drug-likeness (QED) is 0.511. The number of hydrogen-bond donors (Lipinski definition) is 1. The molecule has 0 amide bonds. The van der Waals surface area contributed by atoms with Gasteiger partial charge in [0.2, 0.25) is 0 Å². The van der Waals surface area contributed by atoms with Crippen molar-refractivity contribution in [2.24, 2.45) is 23.7 Å². The van der Waals surface area contributed by atoms with E-state index in [2.05, 4.69) is 20.8 Å². The van der Waals surface area contributed by atoms with Gasteiger partial charge in [0.1, 0.15) is 29.5 Å². The minimum Gasteiger partial charge on any atom is -0.457 e. The van der Waals surface area contributed by atoms with Crippen molar-refractivity contribution < 1.29 is 28.9 Å². The van der Waals surface area contributed by atoms with Crippen LogP contribution in [0.5, 0.6) is 0 Å². The summed E-state index contributed by atoms with van der Waals surface area (Å²) in [7, 11) is 0. The van der Waals surface area contributed by atoms with Crippen LogP contribution in [0.25, 0.3) is 6.08 Å². The fourth-order valence-corrected chi connectivity index (χ4v) is 6.38. The first-order valence-corrected chi connectivity index (χ1v) is 12.1. The van der Waals surface area contributed by atoms with Gasteiger partial charge in [-0.2, -0.15) is 0 Å². The molecule has 3 fully saturated rings. The zero-order valence-corrected chi connectivity index (χ0v) is 20.2. The van der Waals surface area contributed by atoms with Gasteiger partial charge in [0.05, 0.1) is 0 Å². The van der Waals surface area contributed by atoms with Crippen LogP contribution >= 0.6 is 0 Å². The number of carbonyl (C=O) groups is 2. The number of ether oxygens (including phenoxy) is 3. The molecule has 0 spiro atoms. The van der Waals surface area contributed by atoms with Crippen molar-refractivity contribution in [1.82, 2.24) is 0 Å². The van der Waals surface area contributed by atoms with Crippen molar-refractivity contribution in [3.05, 3.63) is 42.0 Å². The number of esters is 2. The zero-order valence-electron chi connectivity index (χ0n) is 20.2. The van der Waals surface area contributed by atoms with Gasteiger partial charge in [-0.3, -0.25) is 0 Å². The van der Waals surface area contributed by atoms with Crippen molar-refractivity contribution in [2.75, 3.05) is 0 Å². The predicted octanol–water partition coefficient (Wildman–Crippen LogP) is 4.15. The highest BCUT2D eigenvalue weighted by atomic mass is 16.6. The molecule has 8 atom stereocenters. The van der Waals surface area contributed by atoms with Crippen LogP contribution < -0.4 is 0 Å². The highest BCUT2D eigenvalue weighted by molar-refractivity contribution is 5.87. The molecule has 1 saturated carbocycles. The van der Waals surface area contributed by atoms with Crippen LogP contribution in [-0.2, 0) is 23.8 Å². The molecule has 4 rings (SSSR count). The lowest BCUT2D eigenvalue weighted by molar-refractivity contribution is -0.265. The van der Waals surface area contributed by atoms with E-state index in [1.54, 1.807) is 6.08 Å². The minimum atomic E-state index is -1.20. The molecular weight excluding hydrogens is 420 g/mol. The Morgan fingerprint density at radius 1 is 1.15 bits per heavy atom. The number of hydrogen-bond acceptors (Lipinski definition) is 6. The summed E-state index contributed by atoms with van der Waals surface area (Å²) in [4.78, 5) is 25.3. The summed E-state index contributed by atoms with van der Waals surface area (Å²) < 4.78 is 18.8. The monoisotopic (exact) mass is 456 g/mol. The summed E-state index contributed by atoms with van der Waals surface area (Å²) in [6.07, 6.45) is 3.49. The van der Waals surface area contributed by atoms with Gasteiger partial charge in [0, 0.05) is 18.4 Å². The Bertz CT molecular complexity index is 908. The zero-order chi connectivity index (χ0) is 24.0. The van der Waals surface area contributed by atoms with Gasteiger partial charge in [0.25, 0.3) is 0 Å². The first-order valence-electron chi connectivity index (χ1n) is 12.1. The molecule has 180 valence electrons. The Labute approximate surface area is 196 Å². The van der Waals surface area contributed by atoms with Crippen LogP contribution in [0, 0.1) is 23.7 Å². The number of carbonyl (C=O) groups excluding carboxylic acids is 2. The van der Waals surface area contributed by atoms with Gasteiger partial charge in [-0.05, 0) is 56.1 Å². The summed E-state index contributed by atoms with van der Waals surface area (Å²) in [6.45, 7) is 9.79. The summed E-state index contributed by atoms with van der Waals surface area (Å²) in [6, 6.07) is 9.64. The second kappa shape index (κ2) is 8.88. The van der Waals surface area contributed by atoms with Crippen LogP contribution in [0.4, 0.5) is 0 Å². The molecule has 1 aromatic carbocycles. The van der Waals surface area contributed by atoms with Crippen molar-refractivity contribution in [3.8, 4) is 0 Å². The van der Waals surface area contributed by atoms with Crippen molar-refractivity contribution >= 4 is 18.0 Å². The smallest absolute Gasteiger partial charge is 0.335 e. The van der Waals surface area contributed by atoms with E-state index in [4.69, 9.17) is 14.2 Å². The standard InChI is InChI=1S/C27H36O6/c1-16(2)27-15-21(31-25(30)18(4)28)26(5,33-27)20-13-11-17(3)23(20)24(27)32-22(29)14-12-19-9-7-6-8-10-19/h6-10,12,14,16-18,20-21,23-24,28H,11,13,15H2,1-5H3/b14-12+/t17-,18+,20-,21-,23-,24+,26+,27-/m1/s1. The second-order valence-corrected chi connectivity index (χ2v) is 10.5. The van der Waals surface area contributed by atoms with Crippen LogP contribution in [0.15, 0.2) is 36.4 Å². The molecule has 0 aromatic heterocycles. The SMILES string of the molecule is CC(C)[C@@]12C[C@@H](OC(=O)[C@H](C)O)[C@@](C)(O1)[C@@H]1CC[C@@H](C)[C@H]1[C@@H]2OC(=O)/C=C/c1ccccc1. The summed E-state index contributed by atoms with van der Waals surface area (Å²) >= 11 is 0. The molecule has 0 unspecified atom stereocenters. The molecule has 2 saturated heterocycles. The topological polar surface area (TPSA) is 82.1 Å². The first kappa shape index (κ1) is 24.0. The van der Waals surface area contributed by atoms with E-state index in [1.165, 1.54) is 13.0 Å². The molecule has 6 heteroatoms. The normalized spacial score (nSPS) is 38.3. The summed E-state index contributed by atoms with van der Waals surface area (Å²) in [5.41, 5.74) is -0.500. The predicted molar refractivity (Wildman–Crippen MR) is 124 cm³/mol. The van der Waals surface area contributed by atoms with Gasteiger partial charge in [-0.1, -0.05) is 51.1 Å². The summed E-state index contributed by atoms with van der Waals surface area (Å²) in [5, 5.41) is 9.74. The fraction of sp³-hybridized carbons (Fsp3) is 0.630. The molecule has 1 aromatic rings. The molecule has 3 aliphatic rings. The largest absolute Gasteiger partial charge is 0.457 e. The maximum absolute atomic E-state index is 13.0. The maximum atomic E-state index is 13.0. The Balaban J connectivity index is 1.65. The average Bonchev–Trinajstić information content (AvgIpc) is 3.28. The first-order chi connectivity index (χ1) is 15.6. The molecule has 2 heterocycles. The lowest BCUT2D eigenvalue weighted by Gasteiger charge is -2.52. The highest BCUT2D eigenvalue weighted by Gasteiger charge is 2.72. The number of fused-ring (bicyclic) bond motifs is 4. The van der Waals surface area contributed by atoms with E-state index in [9.17, 15) is 14.7 Å². The molecule has 0 radical (unpaired) electrons. The van der Waals surface area contributed by atoms with Gasteiger partial charge in [-0.25, -0.2) is 9.59 Å². The number of benzene rings is 1. The van der Waals surface area contributed by atoms with E-state index in [0.29, 0.717) is 12.3 Å². The van der Waals surface area contributed by atoms with Gasteiger partial charge in [-0.15, -0.1) is 0 Å². The molecule has 1 aliphatic carbocycles. The molecule has 33 heavy (non-hydrogen) atoms. The van der Waals surface area contributed by atoms with Gasteiger partial charge in [0.15, 0.2) is 0 Å². The Hall–Kier alpha value is -2.18. The van der Waals surface area contributed by atoms with Crippen LogP contribution in [0.3, 0.4) is 0 Å². The lowest BCUT2D eigenvalue weighted by Crippen LogP contribution is -2.62. The lowest BCUT2D eigenvalue weighted by atomic mass is 9.69. The Kier molecular flexibility index (Phi) is 6.45. The number of aliphatic hydroxyl groups excluding tert-OH is 1. The fourth-order valence-electron chi connectivity index (χ4n) is 6.38. The maximum Gasteiger partial charge on any atom is 0.335 e. The van der Waals surface area contributed by atoms with Crippen molar-refractivity contribution in [3.63, 3.8) is 0 Å². The second-order valence-electron chi connectivity index (χ2n) is 10.5. The van der Waals surface area contributed by atoms with E-state index in [-0.39, 0.29) is 17.8 Å². The number of rotatable bonds is 6. The molecule has 2 bridgehead atoms. The van der Waals surface area contributed by atoms with Gasteiger partial charge >= 0.3 is 11.9 Å². The third kappa shape index (κ3) is 4.12. The van der Waals surface area contributed by atoms with Crippen LogP contribution in [-0.4, -0.2) is 46.6 Å². The van der Waals surface area contributed by atoms with Crippen LogP contribution in [0.1, 0.15) is 59.4 Å². The van der Waals surface area contributed by atoms with Crippen molar-refractivity contribution in [2.45, 2.75) is 83.4 Å².